The highest BCUT2D eigenvalue weighted by Gasteiger charge is 1.99. The molecule has 1 N–H and O–H groups in total. The van der Waals surface area contributed by atoms with E-state index in [4.69, 9.17) is 11.6 Å². The SMILES string of the molecule is Clc1ccccc1CNCc1cncc(Br)c1. The summed E-state index contributed by atoms with van der Waals surface area (Å²) in [5.74, 6) is 0. The molecule has 0 radical (unpaired) electrons. The standard InChI is InChI=1S/C13H12BrClN2/c14-12-5-10(7-17-9-12)6-16-8-11-3-1-2-4-13(11)15/h1-5,7,9,16H,6,8H2. The van der Waals surface area contributed by atoms with E-state index >= 15 is 0 Å². The first-order valence-corrected chi connectivity index (χ1v) is 6.46. The van der Waals surface area contributed by atoms with Crippen molar-refractivity contribution in [1.29, 1.82) is 0 Å². The first kappa shape index (κ1) is 12.6. The van der Waals surface area contributed by atoms with Gasteiger partial charge in [0.1, 0.15) is 0 Å². The summed E-state index contributed by atoms with van der Waals surface area (Å²) < 4.78 is 0.995. The second-order valence-corrected chi connectivity index (χ2v) is 5.03. The van der Waals surface area contributed by atoms with E-state index in [9.17, 15) is 0 Å². The van der Waals surface area contributed by atoms with Crippen LogP contribution in [0.3, 0.4) is 0 Å². The van der Waals surface area contributed by atoms with Gasteiger partial charge in [-0.3, -0.25) is 4.98 Å². The Morgan fingerprint density at radius 1 is 1.18 bits per heavy atom. The van der Waals surface area contributed by atoms with Crippen LogP contribution < -0.4 is 5.32 Å². The van der Waals surface area contributed by atoms with E-state index < -0.39 is 0 Å². The molecule has 0 amide bonds. The van der Waals surface area contributed by atoms with Gasteiger partial charge in [0.2, 0.25) is 0 Å². The van der Waals surface area contributed by atoms with Gasteiger partial charge in [0.25, 0.3) is 0 Å². The second kappa shape index (κ2) is 6.15. The molecule has 0 aliphatic rings. The van der Waals surface area contributed by atoms with Crippen molar-refractivity contribution < 1.29 is 0 Å². The van der Waals surface area contributed by atoms with Gasteiger partial charge in [0.05, 0.1) is 0 Å². The average Bonchev–Trinajstić information content (AvgIpc) is 2.32. The van der Waals surface area contributed by atoms with Crippen molar-refractivity contribution in [2.45, 2.75) is 13.1 Å². The highest BCUT2D eigenvalue weighted by molar-refractivity contribution is 9.10. The highest BCUT2D eigenvalue weighted by Crippen LogP contribution is 2.15. The molecule has 1 aromatic heterocycles. The second-order valence-electron chi connectivity index (χ2n) is 3.71. The predicted octanol–water partition coefficient (Wildman–Crippen LogP) is 3.79. The number of hydrogen-bond acceptors (Lipinski definition) is 2. The Balaban J connectivity index is 1.90. The normalized spacial score (nSPS) is 10.5. The third-order valence-electron chi connectivity index (χ3n) is 2.36. The molecule has 4 heteroatoms. The van der Waals surface area contributed by atoms with Crippen LogP contribution in [0.25, 0.3) is 0 Å². The molecule has 2 nitrogen and oxygen atoms in total. The lowest BCUT2D eigenvalue weighted by atomic mass is 10.2. The smallest absolute Gasteiger partial charge is 0.0450 e. The van der Waals surface area contributed by atoms with Gasteiger partial charge >= 0.3 is 0 Å². The fourth-order valence-electron chi connectivity index (χ4n) is 1.54. The van der Waals surface area contributed by atoms with Gasteiger partial charge in [0.15, 0.2) is 0 Å². The maximum Gasteiger partial charge on any atom is 0.0450 e. The first-order valence-electron chi connectivity index (χ1n) is 5.29. The van der Waals surface area contributed by atoms with Crippen molar-refractivity contribution in [3.8, 4) is 0 Å². The summed E-state index contributed by atoms with van der Waals surface area (Å²) in [6, 6.07) is 9.90. The molecule has 0 saturated heterocycles. The minimum atomic E-state index is 0.756. The Morgan fingerprint density at radius 3 is 2.76 bits per heavy atom. The summed E-state index contributed by atoms with van der Waals surface area (Å²) in [7, 11) is 0. The summed E-state index contributed by atoms with van der Waals surface area (Å²) in [4.78, 5) is 4.11. The Morgan fingerprint density at radius 2 is 2.00 bits per heavy atom. The van der Waals surface area contributed by atoms with Crippen LogP contribution in [0.15, 0.2) is 47.2 Å². The number of nitrogens with zero attached hydrogens (tertiary/aromatic N) is 1. The Bertz CT molecular complexity index is 502. The molecule has 2 aromatic rings. The zero-order valence-electron chi connectivity index (χ0n) is 9.16. The van der Waals surface area contributed by atoms with E-state index in [1.165, 1.54) is 0 Å². The molecule has 17 heavy (non-hydrogen) atoms. The zero-order chi connectivity index (χ0) is 12.1. The number of nitrogens with one attached hydrogen (secondary N) is 1. The van der Waals surface area contributed by atoms with E-state index in [0.29, 0.717) is 0 Å². The molecular formula is C13H12BrClN2. The van der Waals surface area contributed by atoms with Crippen molar-refractivity contribution in [2.75, 3.05) is 0 Å². The molecule has 0 unspecified atom stereocenters. The van der Waals surface area contributed by atoms with Gasteiger partial charge < -0.3 is 5.32 Å². The number of pyridine rings is 1. The molecule has 1 heterocycles. The maximum atomic E-state index is 6.07. The van der Waals surface area contributed by atoms with Crippen LogP contribution >= 0.6 is 27.5 Å². The van der Waals surface area contributed by atoms with E-state index in [1.807, 2.05) is 36.5 Å². The van der Waals surface area contributed by atoms with Gasteiger partial charge in [-0.15, -0.1) is 0 Å². The lowest BCUT2D eigenvalue weighted by Crippen LogP contribution is -2.13. The van der Waals surface area contributed by atoms with Gasteiger partial charge in [-0.05, 0) is 39.2 Å². The monoisotopic (exact) mass is 310 g/mol. The van der Waals surface area contributed by atoms with E-state index in [0.717, 1.165) is 33.7 Å². The van der Waals surface area contributed by atoms with Crippen LogP contribution in [0.2, 0.25) is 5.02 Å². The summed E-state index contributed by atoms with van der Waals surface area (Å²) in [5.41, 5.74) is 2.25. The Hall–Kier alpha value is -0.900. The molecule has 0 saturated carbocycles. The molecule has 0 fully saturated rings. The third-order valence-corrected chi connectivity index (χ3v) is 3.17. The number of benzene rings is 1. The van der Waals surface area contributed by atoms with Crippen LogP contribution in [-0.4, -0.2) is 4.98 Å². The number of aromatic nitrogens is 1. The minimum Gasteiger partial charge on any atom is -0.309 e. The van der Waals surface area contributed by atoms with Crippen molar-refractivity contribution in [3.63, 3.8) is 0 Å². The molecule has 2 rings (SSSR count). The van der Waals surface area contributed by atoms with Crippen LogP contribution in [0, 0.1) is 0 Å². The van der Waals surface area contributed by atoms with Gasteiger partial charge in [0, 0.05) is 35.0 Å². The van der Waals surface area contributed by atoms with E-state index in [2.05, 4.69) is 26.2 Å². The first-order chi connectivity index (χ1) is 8.25. The molecule has 0 aliphatic heterocycles. The summed E-state index contributed by atoms with van der Waals surface area (Å²) in [6.45, 7) is 1.53. The predicted molar refractivity (Wildman–Crippen MR) is 73.9 cm³/mol. The molecule has 0 bridgehead atoms. The third kappa shape index (κ3) is 3.80. The Kier molecular flexibility index (Phi) is 4.54. The lowest BCUT2D eigenvalue weighted by Gasteiger charge is -2.06. The topological polar surface area (TPSA) is 24.9 Å². The average molecular weight is 312 g/mol. The number of halogens is 2. The molecular weight excluding hydrogens is 300 g/mol. The van der Waals surface area contributed by atoms with Crippen LogP contribution in [0.4, 0.5) is 0 Å². The van der Waals surface area contributed by atoms with Crippen LogP contribution in [0.5, 0.6) is 0 Å². The highest BCUT2D eigenvalue weighted by atomic mass is 79.9. The van der Waals surface area contributed by atoms with Crippen molar-refractivity contribution in [3.05, 3.63) is 63.3 Å². The lowest BCUT2D eigenvalue weighted by molar-refractivity contribution is 0.691. The fraction of sp³-hybridized carbons (Fsp3) is 0.154. The van der Waals surface area contributed by atoms with Crippen LogP contribution in [0.1, 0.15) is 11.1 Å². The van der Waals surface area contributed by atoms with E-state index in [1.54, 1.807) is 6.20 Å². The number of rotatable bonds is 4. The van der Waals surface area contributed by atoms with Crippen LogP contribution in [-0.2, 0) is 13.1 Å². The summed E-state index contributed by atoms with van der Waals surface area (Å²) in [6.07, 6.45) is 3.63. The minimum absolute atomic E-state index is 0.756. The summed E-state index contributed by atoms with van der Waals surface area (Å²) >= 11 is 9.47. The van der Waals surface area contributed by atoms with Crippen molar-refractivity contribution in [1.82, 2.24) is 10.3 Å². The summed E-state index contributed by atoms with van der Waals surface area (Å²) in [5, 5.41) is 4.14. The quantitative estimate of drug-likeness (QED) is 0.929. The number of hydrogen-bond donors (Lipinski definition) is 1. The molecule has 1 aromatic carbocycles. The molecule has 0 aliphatic carbocycles. The molecule has 0 atom stereocenters. The Labute approximate surface area is 114 Å². The van der Waals surface area contributed by atoms with E-state index in [-0.39, 0.29) is 0 Å². The van der Waals surface area contributed by atoms with Crippen molar-refractivity contribution in [2.24, 2.45) is 0 Å². The van der Waals surface area contributed by atoms with Crippen molar-refractivity contribution >= 4 is 27.5 Å². The van der Waals surface area contributed by atoms with Gasteiger partial charge in [-0.1, -0.05) is 29.8 Å². The molecule has 0 spiro atoms. The largest absolute Gasteiger partial charge is 0.309 e. The van der Waals surface area contributed by atoms with Gasteiger partial charge in [-0.2, -0.15) is 0 Å². The maximum absolute atomic E-state index is 6.07. The zero-order valence-corrected chi connectivity index (χ0v) is 11.5. The molecule has 88 valence electrons. The fourth-order valence-corrected chi connectivity index (χ4v) is 2.15. The van der Waals surface area contributed by atoms with Gasteiger partial charge in [-0.25, -0.2) is 0 Å².